The molecule has 0 spiro atoms. The molecule has 0 saturated carbocycles. The summed E-state index contributed by atoms with van der Waals surface area (Å²) in [7, 11) is 0.400. The second-order valence-corrected chi connectivity index (χ2v) is 12.4. The first-order valence-electron chi connectivity index (χ1n) is 12.8. The summed E-state index contributed by atoms with van der Waals surface area (Å²) in [6.45, 7) is 3.33. The summed E-state index contributed by atoms with van der Waals surface area (Å²) in [5, 5.41) is 13.1. The minimum atomic E-state index is -3.33. The van der Waals surface area contributed by atoms with Gasteiger partial charge in [-0.2, -0.15) is 5.10 Å². The monoisotopic (exact) mass is 533 g/mol. The summed E-state index contributed by atoms with van der Waals surface area (Å²) in [5.74, 6) is 0.146. The van der Waals surface area contributed by atoms with E-state index < -0.39 is 9.84 Å². The predicted octanol–water partition coefficient (Wildman–Crippen LogP) is 3.59. The molecule has 1 unspecified atom stereocenters. The Morgan fingerprint density at radius 2 is 1.82 bits per heavy atom. The van der Waals surface area contributed by atoms with E-state index in [-0.39, 0.29) is 11.8 Å². The normalized spacial score (nSPS) is 16.0. The number of sulfone groups is 1. The third-order valence-electron chi connectivity index (χ3n) is 7.48. The zero-order valence-electron chi connectivity index (χ0n) is 22.0. The summed E-state index contributed by atoms with van der Waals surface area (Å²) < 4.78 is 36.5. The maximum absolute atomic E-state index is 12.5. The van der Waals surface area contributed by atoms with Crippen LogP contribution in [0.3, 0.4) is 0 Å². The number of pyridine rings is 1. The van der Waals surface area contributed by atoms with E-state index in [0.717, 1.165) is 57.4 Å². The Balaban J connectivity index is 1.72. The molecule has 1 fully saturated rings. The van der Waals surface area contributed by atoms with Crippen molar-refractivity contribution in [1.82, 2.24) is 34.3 Å². The highest BCUT2D eigenvalue weighted by Gasteiger charge is 2.33. The topological polar surface area (TPSA) is 110 Å². The molecule has 6 rings (SSSR count). The van der Waals surface area contributed by atoms with Crippen LogP contribution in [-0.2, 0) is 34.4 Å². The Kier molecular flexibility index (Phi) is 6.07. The van der Waals surface area contributed by atoms with Crippen LogP contribution in [0.2, 0.25) is 0 Å². The zero-order valence-corrected chi connectivity index (χ0v) is 22.8. The van der Waals surface area contributed by atoms with E-state index in [1.165, 1.54) is 6.26 Å². The van der Waals surface area contributed by atoms with Crippen LogP contribution < -0.4 is 0 Å². The Bertz CT molecular complexity index is 1730. The third kappa shape index (κ3) is 4.19. The maximum atomic E-state index is 12.5. The van der Waals surface area contributed by atoms with Gasteiger partial charge in [0.15, 0.2) is 9.84 Å². The average molecular weight is 534 g/mol. The molecule has 1 aliphatic heterocycles. The number of aryl methyl sites for hydroxylation is 3. The van der Waals surface area contributed by atoms with Crippen LogP contribution in [0.15, 0.2) is 42.6 Å². The lowest BCUT2D eigenvalue weighted by atomic mass is 9.86. The Labute approximate surface area is 221 Å². The van der Waals surface area contributed by atoms with Crippen LogP contribution in [0.5, 0.6) is 0 Å². The first kappa shape index (κ1) is 24.7. The van der Waals surface area contributed by atoms with Gasteiger partial charge in [0, 0.05) is 45.3 Å². The molecule has 10 nitrogen and oxygen atoms in total. The fraction of sp³-hybridized carbons (Fsp3) is 0.407. The molecular weight excluding hydrogens is 502 g/mol. The van der Waals surface area contributed by atoms with Crippen molar-refractivity contribution in [3.05, 3.63) is 59.5 Å². The molecule has 1 aromatic carbocycles. The van der Waals surface area contributed by atoms with Gasteiger partial charge in [0.2, 0.25) is 0 Å². The molecule has 1 atom stereocenters. The number of nitrogens with zero attached hydrogens (tertiary/aromatic N) is 7. The second-order valence-electron chi connectivity index (χ2n) is 10.3. The highest BCUT2D eigenvalue weighted by molar-refractivity contribution is 7.89. The van der Waals surface area contributed by atoms with Gasteiger partial charge in [-0.3, -0.25) is 9.67 Å². The molecule has 11 heteroatoms. The molecule has 5 aromatic rings. The smallest absolute Gasteiger partial charge is 0.153 e. The molecule has 5 heterocycles. The van der Waals surface area contributed by atoms with Crippen molar-refractivity contribution in [1.29, 1.82) is 0 Å². The molecule has 0 radical (unpaired) electrons. The van der Waals surface area contributed by atoms with Gasteiger partial charge in [-0.25, -0.2) is 13.1 Å². The molecule has 1 aliphatic rings. The van der Waals surface area contributed by atoms with Gasteiger partial charge >= 0.3 is 0 Å². The standard InChI is InChI=1S/C27H31N7O3S/c1-17-24(33(3)31-29-17)20-14-22-23(28-15-20)27-26(21(30-32(27)2)16-38(4,35)36)34(22)25(18-8-6-5-7-9-18)19-10-12-37-13-11-19/h5-9,14-15,19,25H,10-13,16H2,1-4H3. The maximum Gasteiger partial charge on any atom is 0.153 e. The van der Waals surface area contributed by atoms with E-state index in [1.807, 2.05) is 33.3 Å². The predicted molar refractivity (Wildman–Crippen MR) is 145 cm³/mol. The minimum Gasteiger partial charge on any atom is -0.381 e. The van der Waals surface area contributed by atoms with Gasteiger partial charge in [0.25, 0.3) is 0 Å². The number of benzene rings is 1. The van der Waals surface area contributed by atoms with Crippen molar-refractivity contribution in [3.8, 4) is 11.3 Å². The lowest BCUT2D eigenvalue weighted by Crippen LogP contribution is -2.27. The van der Waals surface area contributed by atoms with Gasteiger partial charge in [-0.05, 0) is 37.3 Å². The van der Waals surface area contributed by atoms with Crippen LogP contribution in [-0.4, -0.2) is 62.2 Å². The largest absolute Gasteiger partial charge is 0.381 e. The molecule has 0 N–H and O–H groups in total. The molecular formula is C27H31N7O3S. The van der Waals surface area contributed by atoms with Crippen molar-refractivity contribution in [2.45, 2.75) is 31.6 Å². The highest BCUT2D eigenvalue weighted by atomic mass is 32.2. The Hall–Kier alpha value is -3.57. The molecule has 0 amide bonds. The molecule has 4 aromatic heterocycles. The number of hydrogen-bond acceptors (Lipinski definition) is 7. The molecule has 0 bridgehead atoms. The van der Waals surface area contributed by atoms with Crippen LogP contribution in [0.1, 0.15) is 35.8 Å². The van der Waals surface area contributed by atoms with Crippen LogP contribution >= 0.6 is 0 Å². The summed E-state index contributed by atoms with van der Waals surface area (Å²) in [6.07, 6.45) is 4.90. The van der Waals surface area contributed by atoms with Crippen LogP contribution in [0.4, 0.5) is 0 Å². The van der Waals surface area contributed by atoms with Gasteiger partial charge in [0.05, 0.1) is 34.2 Å². The summed E-state index contributed by atoms with van der Waals surface area (Å²) in [6, 6.07) is 12.5. The highest BCUT2D eigenvalue weighted by Crippen LogP contribution is 2.42. The lowest BCUT2D eigenvalue weighted by Gasteiger charge is -2.33. The number of ether oxygens (including phenoxy) is 1. The van der Waals surface area contributed by atoms with Gasteiger partial charge in [-0.1, -0.05) is 35.5 Å². The second kappa shape index (κ2) is 9.32. The van der Waals surface area contributed by atoms with Crippen molar-refractivity contribution in [3.63, 3.8) is 0 Å². The van der Waals surface area contributed by atoms with E-state index in [9.17, 15) is 8.42 Å². The van der Waals surface area contributed by atoms with Crippen molar-refractivity contribution in [2.75, 3.05) is 19.5 Å². The molecule has 38 heavy (non-hydrogen) atoms. The van der Waals surface area contributed by atoms with E-state index in [2.05, 4.69) is 45.2 Å². The Morgan fingerprint density at radius 3 is 2.47 bits per heavy atom. The summed E-state index contributed by atoms with van der Waals surface area (Å²) in [5.41, 5.74) is 7.69. The zero-order chi connectivity index (χ0) is 26.6. The van der Waals surface area contributed by atoms with Gasteiger partial charge in [0.1, 0.15) is 16.7 Å². The fourth-order valence-electron chi connectivity index (χ4n) is 5.96. The average Bonchev–Trinajstić information content (AvgIpc) is 3.51. The molecule has 0 aliphatic carbocycles. The Morgan fingerprint density at radius 1 is 1.08 bits per heavy atom. The third-order valence-corrected chi connectivity index (χ3v) is 8.28. The fourth-order valence-corrected chi connectivity index (χ4v) is 6.65. The minimum absolute atomic E-state index is 0.0505. The van der Waals surface area contributed by atoms with E-state index in [0.29, 0.717) is 24.8 Å². The van der Waals surface area contributed by atoms with Crippen molar-refractivity contribution < 1.29 is 13.2 Å². The number of fused-ring (bicyclic) bond motifs is 3. The quantitative estimate of drug-likeness (QED) is 0.328. The van der Waals surface area contributed by atoms with Crippen molar-refractivity contribution in [2.24, 2.45) is 20.0 Å². The number of aromatic nitrogens is 7. The van der Waals surface area contributed by atoms with Crippen LogP contribution in [0, 0.1) is 12.8 Å². The number of hydrogen-bond donors (Lipinski definition) is 0. The lowest BCUT2D eigenvalue weighted by molar-refractivity contribution is 0.0552. The SMILES string of the molecule is Cc1nnn(C)c1-c1cnc2c3c(c(CS(C)(=O)=O)nn3C)n(C(c3ccccc3)C3CCOCC3)c2c1. The first-order valence-corrected chi connectivity index (χ1v) is 14.8. The van der Waals surface area contributed by atoms with E-state index in [4.69, 9.17) is 14.8 Å². The van der Waals surface area contributed by atoms with E-state index in [1.54, 1.807) is 9.36 Å². The van der Waals surface area contributed by atoms with Crippen LogP contribution in [0.25, 0.3) is 33.3 Å². The van der Waals surface area contributed by atoms with Gasteiger partial charge < -0.3 is 9.30 Å². The summed E-state index contributed by atoms with van der Waals surface area (Å²) in [4.78, 5) is 4.94. The van der Waals surface area contributed by atoms with Crippen molar-refractivity contribution >= 4 is 31.9 Å². The van der Waals surface area contributed by atoms with Gasteiger partial charge in [-0.15, -0.1) is 5.10 Å². The molecule has 198 valence electrons. The number of rotatable bonds is 6. The molecule has 1 saturated heterocycles. The summed E-state index contributed by atoms with van der Waals surface area (Å²) >= 11 is 0. The van der Waals surface area contributed by atoms with E-state index >= 15 is 0 Å². The first-order chi connectivity index (χ1) is 18.2.